The van der Waals surface area contributed by atoms with E-state index < -0.39 is 68.3 Å². The summed E-state index contributed by atoms with van der Waals surface area (Å²) >= 11 is 1.48. The molecule has 9 unspecified atom stereocenters. The van der Waals surface area contributed by atoms with Gasteiger partial charge in [-0.2, -0.15) is 0 Å². The normalized spacial score (nSPS) is 41.3. The lowest BCUT2D eigenvalue weighted by molar-refractivity contribution is -0.318. The molecule has 0 aromatic heterocycles. The number of aliphatic hydroxyl groups is 6. The van der Waals surface area contributed by atoms with E-state index >= 15 is 0 Å². The van der Waals surface area contributed by atoms with Crippen LogP contribution < -0.4 is 0 Å². The minimum atomic E-state index is -1.60. The van der Waals surface area contributed by atoms with Gasteiger partial charge in [-0.25, -0.2) is 0 Å². The molecule has 158 valence electrons. The molecule has 0 radical (unpaired) electrons. The van der Waals surface area contributed by atoms with Crippen molar-refractivity contribution >= 4 is 11.8 Å². The Morgan fingerprint density at radius 1 is 0.786 bits per heavy atom. The molecule has 2 aliphatic rings. The van der Waals surface area contributed by atoms with Gasteiger partial charge in [0, 0.05) is 10.6 Å². The zero-order valence-corrected chi connectivity index (χ0v) is 15.8. The first-order valence-electron chi connectivity index (χ1n) is 9.04. The van der Waals surface area contributed by atoms with Crippen molar-refractivity contribution in [3.8, 4) is 0 Å². The number of aliphatic hydroxyl groups excluding tert-OH is 6. The molecule has 0 amide bonds. The number of benzene rings is 1. The Kier molecular flexibility index (Phi) is 7.67. The van der Waals surface area contributed by atoms with E-state index in [0.29, 0.717) is 5.75 Å². The predicted octanol–water partition coefficient (Wildman–Crippen LogP) is -1.92. The largest absolute Gasteiger partial charge is 0.394 e. The van der Waals surface area contributed by atoms with Crippen molar-refractivity contribution in [1.82, 2.24) is 0 Å². The second-order valence-electron chi connectivity index (χ2n) is 6.81. The molecule has 2 aliphatic heterocycles. The summed E-state index contributed by atoms with van der Waals surface area (Å²) in [6.45, 7) is -1.01. The second kappa shape index (κ2) is 9.81. The van der Waals surface area contributed by atoms with Crippen molar-refractivity contribution in [2.75, 3.05) is 19.0 Å². The maximum absolute atomic E-state index is 10.6. The van der Waals surface area contributed by atoms with Crippen LogP contribution in [0.2, 0.25) is 0 Å². The van der Waals surface area contributed by atoms with E-state index in [0.717, 1.165) is 4.90 Å². The number of rotatable bonds is 7. The van der Waals surface area contributed by atoms with Crippen LogP contribution in [0.1, 0.15) is 0 Å². The van der Waals surface area contributed by atoms with Gasteiger partial charge in [-0.3, -0.25) is 0 Å². The summed E-state index contributed by atoms with van der Waals surface area (Å²) in [4.78, 5) is 0.997. The van der Waals surface area contributed by atoms with Crippen molar-refractivity contribution in [2.45, 2.75) is 60.0 Å². The summed E-state index contributed by atoms with van der Waals surface area (Å²) in [5, 5.41) is 59.3. The third kappa shape index (κ3) is 4.68. The fourth-order valence-electron chi connectivity index (χ4n) is 3.30. The van der Waals surface area contributed by atoms with E-state index in [4.69, 9.17) is 14.2 Å². The van der Waals surface area contributed by atoms with Gasteiger partial charge in [-0.1, -0.05) is 18.2 Å². The number of hydrogen-bond donors (Lipinski definition) is 6. The molecule has 2 fully saturated rings. The summed E-state index contributed by atoms with van der Waals surface area (Å²) in [6, 6.07) is 9.55. The minimum Gasteiger partial charge on any atom is -0.394 e. The van der Waals surface area contributed by atoms with Gasteiger partial charge in [0.05, 0.1) is 19.3 Å². The number of thioether (sulfide) groups is 1. The summed E-state index contributed by atoms with van der Waals surface area (Å²) in [6.07, 6.45) is -10.8. The topological polar surface area (TPSA) is 149 Å². The summed E-state index contributed by atoms with van der Waals surface area (Å²) in [7, 11) is 0. The quantitative estimate of drug-likeness (QED) is 0.277. The molecule has 9 nitrogen and oxygen atoms in total. The zero-order valence-electron chi connectivity index (χ0n) is 15.0. The lowest BCUT2D eigenvalue weighted by Gasteiger charge is -2.41. The first-order valence-corrected chi connectivity index (χ1v) is 10.0. The molecular formula is C18H26O9S. The molecule has 0 bridgehead atoms. The van der Waals surface area contributed by atoms with E-state index in [9.17, 15) is 30.6 Å². The average Bonchev–Trinajstić information content (AvgIpc) is 3.02. The molecule has 28 heavy (non-hydrogen) atoms. The number of hydrogen-bond acceptors (Lipinski definition) is 10. The molecular weight excluding hydrogens is 392 g/mol. The highest BCUT2D eigenvalue weighted by atomic mass is 32.2. The van der Waals surface area contributed by atoms with Crippen LogP contribution in [-0.2, 0) is 14.2 Å². The monoisotopic (exact) mass is 418 g/mol. The van der Waals surface area contributed by atoms with Gasteiger partial charge in [-0.15, -0.1) is 11.8 Å². The van der Waals surface area contributed by atoms with E-state index in [-0.39, 0.29) is 0 Å². The molecule has 1 aromatic carbocycles. The van der Waals surface area contributed by atoms with Crippen LogP contribution in [0.5, 0.6) is 0 Å². The van der Waals surface area contributed by atoms with Crippen molar-refractivity contribution < 1.29 is 44.8 Å². The van der Waals surface area contributed by atoms with Gasteiger partial charge < -0.3 is 44.8 Å². The fourth-order valence-corrected chi connectivity index (χ4v) is 4.28. The van der Waals surface area contributed by atoms with Gasteiger partial charge >= 0.3 is 0 Å². The van der Waals surface area contributed by atoms with Gasteiger partial charge in [0.25, 0.3) is 0 Å². The third-order valence-corrected chi connectivity index (χ3v) is 6.01. The second-order valence-corrected chi connectivity index (χ2v) is 7.90. The Labute approximate surface area is 166 Å². The highest BCUT2D eigenvalue weighted by Crippen LogP contribution is 2.32. The van der Waals surface area contributed by atoms with Gasteiger partial charge in [0.2, 0.25) is 0 Å². The Balaban J connectivity index is 1.63. The molecule has 9 atom stereocenters. The standard InChI is InChI=1S/C18H26O9S/c19-6-10-13(21)15(23)16(24)18(26-10)27-17-11(7-20)25-12(14(17)22)8-28-9-4-2-1-3-5-9/h1-5,10-24H,6-8H2. The Morgan fingerprint density at radius 3 is 2.11 bits per heavy atom. The first kappa shape index (κ1) is 21.9. The molecule has 2 heterocycles. The van der Waals surface area contributed by atoms with Crippen LogP contribution in [0, 0.1) is 0 Å². The van der Waals surface area contributed by atoms with Crippen LogP contribution in [0.4, 0.5) is 0 Å². The van der Waals surface area contributed by atoms with Crippen LogP contribution in [0.15, 0.2) is 35.2 Å². The predicted molar refractivity (Wildman–Crippen MR) is 97.6 cm³/mol. The third-order valence-electron chi connectivity index (χ3n) is 4.91. The van der Waals surface area contributed by atoms with Crippen molar-refractivity contribution in [1.29, 1.82) is 0 Å². The van der Waals surface area contributed by atoms with Crippen molar-refractivity contribution in [2.24, 2.45) is 0 Å². The fraction of sp³-hybridized carbons (Fsp3) is 0.667. The average molecular weight is 418 g/mol. The van der Waals surface area contributed by atoms with Gasteiger partial charge in [0.1, 0.15) is 42.7 Å². The smallest absolute Gasteiger partial charge is 0.187 e. The number of ether oxygens (including phenoxy) is 3. The Hall–Kier alpha value is -0.790. The van der Waals surface area contributed by atoms with Crippen molar-refractivity contribution in [3.05, 3.63) is 30.3 Å². The van der Waals surface area contributed by atoms with Crippen molar-refractivity contribution in [3.63, 3.8) is 0 Å². The Morgan fingerprint density at radius 2 is 1.46 bits per heavy atom. The molecule has 10 heteroatoms. The molecule has 1 aromatic rings. The van der Waals surface area contributed by atoms with Gasteiger partial charge in [0.15, 0.2) is 6.29 Å². The Bertz CT molecular complexity index is 604. The van der Waals surface area contributed by atoms with E-state index in [2.05, 4.69) is 0 Å². The van der Waals surface area contributed by atoms with Crippen LogP contribution in [-0.4, -0.2) is 105 Å². The summed E-state index contributed by atoms with van der Waals surface area (Å²) in [5.74, 6) is 0.413. The van der Waals surface area contributed by atoms with E-state index in [1.165, 1.54) is 11.8 Å². The molecule has 0 saturated carbocycles. The highest BCUT2D eigenvalue weighted by molar-refractivity contribution is 7.99. The molecule has 6 N–H and O–H groups in total. The van der Waals surface area contributed by atoms with Crippen LogP contribution >= 0.6 is 11.8 Å². The zero-order chi connectivity index (χ0) is 20.3. The maximum Gasteiger partial charge on any atom is 0.187 e. The van der Waals surface area contributed by atoms with Crippen LogP contribution in [0.3, 0.4) is 0 Å². The SMILES string of the molecule is OCC1OC(OC2C(CO)OC(CSc3ccccc3)C2O)C(O)C(O)C1O. The first-order chi connectivity index (χ1) is 13.5. The lowest BCUT2D eigenvalue weighted by atomic mass is 9.99. The maximum atomic E-state index is 10.6. The highest BCUT2D eigenvalue weighted by Gasteiger charge is 2.50. The van der Waals surface area contributed by atoms with E-state index in [1.54, 1.807) is 0 Å². The minimum absolute atomic E-state index is 0.413. The summed E-state index contributed by atoms with van der Waals surface area (Å²) < 4.78 is 16.6. The molecule has 0 aliphatic carbocycles. The van der Waals surface area contributed by atoms with Gasteiger partial charge in [-0.05, 0) is 12.1 Å². The van der Waals surface area contributed by atoms with E-state index in [1.807, 2.05) is 30.3 Å². The molecule has 2 saturated heterocycles. The molecule has 3 rings (SSSR count). The lowest BCUT2D eigenvalue weighted by Crippen LogP contribution is -2.60. The summed E-state index contributed by atoms with van der Waals surface area (Å²) in [5.41, 5.74) is 0. The molecule has 0 spiro atoms. The van der Waals surface area contributed by atoms with Crippen LogP contribution in [0.25, 0.3) is 0 Å².